The molecule has 4 heterocycles. The smallest absolute Gasteiger partial charge is 0.325 e. The SMILES string of the molecule is CC(C)[C@H](N)C(=O)N[C@@H](C)C(=O)N1CCC[C@@H](C(=O)OCC(Cl)(Cl)Cl)N1.COC[C@@](C)(/C=C/c1ccc2ccc([C@@H](C)O)nc2c1)C(=O)N[C@H](C(=O)N[C@@H](C)C(=O)N1CCC[C@@H](C(=O)OCC(Cl)(Cl)Cl)N1)C(C)C.COC[C@@](C)(/C=C/c1ccc2ccc([C@@H](C)O)nc2c1)C(=O)O. The third-order valence-corrected chi connectivity index (χ3v) is 16.1. The number of nitrogens with two attached hydrogens (primary N) is 1. The van der Waals surface area contributed by atoms with Gasteiger partial charge in [0.05, 0.1) is 59.3 Å². The van der Waals surface area contributed by atoms with Crippen LogP contribution in [0.3, 0.4) is 0 Å². The molecule has 10 N–H and O–H groups in total. The fourth-order valence-corrected chi connectivity index (χ4v) is 9.92. The number of hydrogen-bond donors (Lipinski definition) is 9. The highest BCUT2D eigenvalue weighted by atomic mass is 35.6. The second kappa shape index (κ2) is 38.0. The number of hydrogen-bond acceptors (Lipinski definition) is 19. The minimum absolute atomic E-state index is 0.0283. The van der Waals surface area contributed by atoms with Gasteiger partial charge >= 0.3 is 17.9 Å². The summed E-state index contributed by atoms with van der Waals surface area (Å²) in [7, 11) is 2.96. The van der Waals surface area contributed by atoms with Gasteiger partial charge in [0.25, 0.3) is 11.8 Å². The molecule has 4 aromatic rings. The summed E-state index contributed by atoms with van der Waals surface area (Å²) < 4.78 is 16.9. The van der Waals surface area contributed by atoms with Crippen LogP contribution in [0.4, 0.5) is 0 Å². The number of carbonyl (C=O) groups excluding carboxylic acids is 7. The zero-order valence-corrected chi connectivity index (χ0v) is 60.8. The molecular formula is C66H90Cl6N10O15. The van der Waals surface area contributed by atoms with Crippen LogP contribution in [0.2, 0.25) is 0 Å². The van der Waals surface area contributed by atoms with E-state index in [-0.39, 0.29) is 37.6 Å². The van der Waals surface area contributed by atoms with Gasteiger partial charge in [-0.3, -0.25) is 58.3 Å². The molecule has 6 rings (SSSR count). The molecule has 97 heavy (non-hydrogen) atoms. The first-order valence-electron chi connectivity index (χ1n) is 31.3. The number of nitrogens with one attached hydrogen (secondary N) is 5. The molecule has 10 atom stereocenters. The van der Waals surface area contributed by atoms with E-state index in [1.807, 2.05) is 62.4 Å². The molecule has 2 saturated heterocycles. The van der Waals surface area contributed by atoms with Gasteiger partial charge in [-0.1, -0.05) is 158 Å². The summed E-state index contributed by atoms with van der Waals surface area (Å²) in [5.74, 6) is -4.87. The Labute approximate surface area is 595 Å². The summed E-state index contributed by atoms with van der Waals surface area (Å²) in [5, 5.41) is 41.4. The second-order valence-corrected chi connectivity index (χ2v) is 29.9. The quantitative estimate of drug-likeness (QED) is 0.0224. The van der Waals surface area contributed by atoms with E-state index in [1.165, 1.54) is 31.2 Å². The fourth-order valence-electron chi connectivity index (χ4n) is 9.59. The van der Waals surface area contributed by atoms with Crippen molar-refractivity contribution in [1.82, 2.24) is 46.8 Å². The third-order valence-electron chi connectivity index (χ3n) is 15.5. The van der Waals surface area contributed by atoms with Crippen LogP contribution in [-0.4, -0.2) is 180 Å². The summed E-state index contributed by atoms with van der Waals surface area (Å²) in [6.07, 6.45) is 7.50. The number of benzene rings is 2. The minimum atomic E-state index is -1.77. The molecule has 25 nitrogen and oxygen atoms in total. The standard InChI is InChI=1S/C33H44Cl3N5O7.C18H21NO4.C15H25Cl3N4O4/c1-19(2)27(28(43)37-20(3)29(44)41-15-7-8-25(40-41)30(45)48-18-33(34,35)36)39-31(46)32(5,17-47-6)14-13-22-9-10-23-11-12-24(21(4)42)38-26(23)16-22;1-12(20)15-7-6-14-5-4-13(10-16(14)19-15)8-9-18(2,11-23-3)17(21)22;1-8(2)11(19)12(23)20-9(3)13(24)22-6-4-5-10(21-22)14(25)26-7-15(16,17)18/h9-14,16,19-21,25,27,40,42H,7-8,15,17-18H2,1-6H3,(H,37,43)(H,39,46);4-10,12,20H,11H2,1-3H3,(H,21,22);8-11,21H,4-7,19H2,1-3H3,(H,20,23)/b14-13+;9-8+;/t20-,21+,25-,27-,32+;12-,18-;9-,10-,11-/m010/s1. The maximum Gasteiger partial charge on any atom is 0.325 e. The number of methoxy groups -OCH3 is 2. The Morgan fingerprint density at radius 3 is 1.36 bits per heavy atom. The van der Waals surface area contributed by atoms with Crippen LogP contribution in [0.5, 0.6) is 0 Å². The molecule has 0 bridgehead atoms. The number of carboxylic acids is 1. The summed E-state index contributed by atoms with van der Waals surface area (Å²) in [4.78, 5) is 110. The molecule has 5 amide bonds. The first-order chi connectivity index (χ1) is 45.2. The molecule has 0 spiro atoms. The summed E-state index contributed by atoms with van der Waals surface area (Å²) in [6, 6.07) is 13.7. The Hall–Kier alpha value is -6.04. The van der Waals surface area contributed by atoms with Crippen LogP contribution in [0, 0.1) is 22.7 Å². The maximum atomic E-state index is 13.7. The first-order valence-corrected chi connectivity index (χ1v) is 33.5. The summed E-state index contributed by atoms with van der Waals surface area (Å²) in [6.45, 7) is 16.9. The molecule has 0 unspecified atom stereocenters. The fraction of sp³-hybridized carbons (Fsp3) is 0.545. The highest BCUT2D eigenvalue weighted by Gasteiger charge is 2.39. The number of aromatic nitrogens is 2. The molecule has 2 aliphatic heterocycles. The topological polar surface area (TPSA) is 353 Å². The van der Waals surface area contributed by atoms with Crippen LogP contribution >= 0.6 is 69.6 Å². The Morgan fingerprint density at radius 1 is 0.598 bits per heavy atom. The molecule has 2 fully saturated rings. The Bertz CT molecular complexity index is 3430. The van der Waals surface area contributed by atoms with Gasteiger partial charge in [0.15, 0.2) is 0 Å². The Kier molecular flexibility index (Phi) is 32.6. The monoisotopic (exact) mass is 1470 g/mol. The number of fused-ring (bicyclic) bond motifs is 2. The number of amides is 5. The van der Waals surface area contributed by atoms with Gasteiger partial charge in [-0.2, -0.15) is 0 Å². The number of alkyl halides is 6. The van der Waals surface area contributed by atoms with E-state index in [0.29, 0.717) is 55.7 Å². The third kappa shape index (κ3) is 26.5. The molecule has 2 aromatic carbocycles. The van der Waals surface area contributed by atoms with Crippen molar-refractivity contribution in [2.75, 3.05) is 53.7 Å². The van der Waals surface area contributed by atoms with E-state index in [1.54, 1.807) is 84.9 Å². The lowest BCUT2D eigenvalue weighted by atomic mass is 9.88. The van der Waals surface area contributed by atoms with Crippen molar-refractivity contribution in [2.24, 2.45) is 28.4 Å². The number of pyridine rings is 2. The van der Waals surface area contributed by atoms with E-state index in [0.717, 1.165) is 27.4 Å². The van der Waals surface area contributed by atoms with E-state index in [4.69, 9.17) is 94.3 Å². The van der Waals surface area contributed by atoms with Crippen molar-refractivity contribution in [3.05, 3.63) is 95.3 Å². The molecule has 0 saturated carbocycles. The Balaban J connectivity index is 0.000000342. The predicted molar refractivity (Wildman–Crippen MR) is 373 cm³/mol. The highest BCUT2D eigenvalue weighted by Crippen LogP contribution is 2.29. The van der Waals surface area contributed by atoms with Crippen LogP contribution in [0.25, 0.3) is 34.0 Å². The largest absolute Gasteiger partial charge is 0.481 e. The molecule has 31 heteroatoms. The minimum Gasteiger partial charge on any atom is -0.481 e. The maximum absolute atomic E-state index is 13.7. The van der Waals surface area contributed by atoms with Gasteiger partial charge < -0.3 is 56.0 Å². The zero-order valence-electron chi connectivity index (χ0n) is 56.3. The Morgan fingerprint density at radius 2 is 0.990 bits per heavy atom. The number of ether oxygens (including phenoxy) is 4. The molecule has 2 aromatic heterocycles. The van der Waals surface area contributed by atoms with Crippen molar-refractivity contribution in [1.29, 1.82) is 0 Å². The van der Waals surface area contributed by atoms with Crippen LogP contribution in [0.1, 0.15) is 130 Å². The normalized spacial score (nSPS) is 18.4. The van der Waals surface area contributed by atoms with Crippen LogP contribution < -0.4 is 32.5 Å². The molecule has 0 aliphatic carbocycles. The van der Waals surface area contributed by atoms with Gasteiger partial charge in [-0.05, 0) is 114 Å². The van der Waals surface area contributed by atoms with Crippen molar-refractivity contribution >= 4 is 151 Å². The van der Waals surface area contributed by atoms with Crippen LogP contribution in [0.15, 0.2) is 72.8 Å². The number of carboxylic acid groups (broad SMARTS) is 1. The lowest BCUT2D eigenvalue weighted by Crippen LogP contribution is -2.61. The number of carbonyl (C=O) groups is 8. The van der Waals surface area contributed by atoms with Gasteiger partial charge in [0.1, 0.15) is 48.8 Å². The van der Waals surface area contributed by atoms with Crippen molar-refractivity contribution < 1.29 is 72.6 Å². The second-order valence-electron chi connectivity index (χ2n) is 24.9. The number of halogens is 6. The highest BCUT2D eigenvalue weighted by molar-refractivity contribution is 6.68. The predicted octanol–water partition coefficient (Wildman–Crippen LogP) is 7.93. The van der Waals surface area contributed by atoms with E-state index < -0.39 is 115 Å². The average molecular weight is 1480 g/mol. The number of rotatable bonds is 25. The average Bonchev–Trinajstić information content (AvgIpc) is 0.834. The van der Waals surface area contributed by atoms with Crippen molar-refractivity contribution in [2.45, 2.75) is 151 Å². The van der Waals surface area contributed by atoms with E-state index >= 15 is 0 Å². The van der Waals surface area contributed by atoms with Gasteiger partial charge in [-0.15, -0.1) is 0 Å². The van der Waals surface area contributed by atoms with E-state index in [9.17, 15) is 53.7 Å². The number of aliphatic hydroxyl groups is 2. The molecule has 0 radical (unpaired) electrons. The molecular weight excluding hydrogens is 1390 g/mol. The zero-order chi connectivity index (χ0) is 72.9. The molecule has 2 aliphatic rings. The number of aliphatic carboxylic acids is 1. The number of nitrogens with zero attached hydrogens (tertiary/aromatic N) is 4. The number of esters is 2. The van der Waals surface area contributed by atoms with E-state index in [2.05, 4.69) is 36.8 Å². The lowest BCUT2D eigenvalue weighted by molar-refractivity contribution is -0.154. The van der Waals surface area contributed by atoms with Crippen molar-refractivity contribution in [3.63, 3.8) is 0 Å². The van der Waals surface area contributed by atoms with Crippen molar-refractivity contribution in [3.8, 4) is 0 Å². The summed E-state index contributed by atoms with van der Waals surface area (Å²) in [5.41, 5.74) is 13.4. The number of hydrazine groups is 2. The van der Waals surface area contributed by atoms with Gasteiger partial charge in [-0.25, -0.2) is 10.9 Å². The first kappa shape index (κ1) is 83.4. The van der Waals surface area contributed by atoms with Gasteiger partial charge in [0, 0.05) is 38.1 Å². The summed E-state index contributed by atoms with van der Waals surface area (Å²) >= 11 is 33.6. The molecule has 536 valence electrons. The van der Waals surface area contributed by atoms with Crippen LogP contribution in [-0.2, 0) is 57.3 Å². The van der Waals surface area contributed by atoms with Gasteiger partial charge in [0.2, 0.25) is 25.3 Å². The number of aliphatic hydroxyl groups excluding tert-OH is 2. The lowest BCUT2D eigenvalue weighted by Gasteiger charge is -2.35.